The fourth-order valence-corrected chi connectivity index (χ4v) is 10.0. The van der Waals surface area contributed by atoms with E-state index in [-0.39, 0.29) is 18.1 Å². The van der Waals surface area contributed by atoms with E-state index in [0.717, 1.165) is 87.0 Å². The molecule has 8 unspecified atom stereocenters. The number of carbonyl (C=O) groups excluding carboxylic acids is 2. The minimum atomic E-state index is -0.251. The number of allylic oxidation sites excluding steroid dienone is 1. The summed E-state index contributed by atoms with van der Waals surface area (Å²) in [6.07, 6.45) is 20.6. The Morgan fingerprint density at radius 2 is 1.63 bits per heavy atom. The maximum absolute atomic E-state index is 12.5. The average molecular weight is 571 g/mol. The maximum Gasteiger partial charge on any atom is 0.407 e. The highest BCUT2D eigenvalue weighted by molar-refractivity contribution is 5.72. The third-order valence-electron chi connectivity index (χ3n) is 12.3. The molecule has 5 nitrogen and oxygen atoms in total. The van der Waals surface area contributed by atoms with Gasteiger partial charge in [0.15, 0.2) is 0 Å². The van der Waals surface area contributed by atoms with E-state index in [2.05, 4.69) is 51.3 Å². The van der Waals surface area contributed by atoms with Gasteiger partial charge in [0.05, 0.1) is 0 Å². The van der Waals surface area contributed by atoms with Crippen molar-refractivity contribution >= 4 is 12.0 Å². The molecule has 4 rings (SSSR count). The SMILES string of the molecule is CC(=O)NCCCCCCNC(=O)OC1CCC2(C)C(=CCC3C2CCC2(C)C(C(C)CCCC(C)C)CCC32)C1. The molecule has 0 aromatic carbocycles. The summed E-state index contributed by atoms with van der Waals surface area (Å²) in [5.41, 5.74) is 2.41. The predicted molar refractivity (Wildman–Crippen MR) is 168 cm³/mol. The molecule has 234 valence electrons. The molecular formula is C36H62N2O3. The molecule has 0 aliphatic heterocycles. The van der Waals surface area contributed by atoms with Crippen molar-refractivity contribution in [2.24, 2.45) is 46.3 Å². The highest BCUT2D eigenvalue weighted by Gasteiger charge is 2.59. The van der Waals surface area contributed by atoms with Gasteiger partial charge in [-0.1, -0.05) is 78.4 Å². The highest BCUT2D eigenvalue weighted by atomic mass is 16.6. The topological polar surface area (TPSA) is 67.4 Å². The molecule has 0 spiro atoms. The van der Waals surface area contributed by atoms with Crippen molar-refractivity contribution < 1.29 is 14.3 Å². The molecule has 0 heterocycles. The summed E-state index contributed by atoms with van der Waals surface area (Å²) < 4.78 is 5.93. The second kappa shape index (κ2) is 14.3. The first-order chi connectivity index (χ1) is 19.5. The van der Waals surface area contributed by atoms with Gasteiger partial charge in [-0.25, -0.2) is 4.79 Å². The minimum Gasteiger partial charge on any atom is -0.446 e. The van der Waals surface area contributed by atoms with Crippen LogP contribution in [0, 0.1) is 46.3 Å². The Hall–Kier alpha value is -1.52. The summed E-state index contributed by atoms with van der Waals surface area (Å²) in [6.45, 7) is 15.5. The lowest BCUT2D eigenvalue weighted by atomic mass is 9.47. The van der Waals surface area contributed by atoms with E-state index in [4.69, 9.17) is 4.74 Å². The van der Waals surface area contributed by atoms with Crippen molar-refractivity contribution in [3.8, 4) is 0 Å². The molecule has 4 aliphatic rings. The summed E-state index contributed by atoms with van der Waals surface area (Å²) in [5.74, 6) is 5.16. The summed E-state index contributed by atoms with van der Waals surface area (Å²) in [7, 11) is 0. The van der Waals surface area contributed by atoms with Crippen molar-refractivity contribution in [3.05, 3.63) is 11.6 Å². The number of nitrogens with one attached hydrogen (secondary N) is 2. The third kappa shape index (κ3) is 7.71. The number of unbranched alkanes of at least 4 members (excludes halogenated alkanes) is 3. The normalized spacial score (nSPS) is 35.1. The van der Waals surface area contributed by atoms with Gasteiger partial charge in [-0.3, -0.25) is 4.79 Å². The Balaban J connectivity index is 1.24. The fraction of sp³-hybridized carbons (Fsp3) is 0.889. The molecule has 0 aromatic heterocycles. The van der Waals surface area contributed by atoms with Crippen LogP contribution in [0.3, 0.4) is 0 Å². The Kier molecular flexibility index (Phi) is 11.3. The summed E-state index contributed by atoms with van der Waals surface area (Å²) >= 11 is 0. The van der Waals surface area contributed by atoms with Gasteiger partial charge in [0.25, 0.3) is 0 Å². The minimum absolute atomic E-state index is 0.0138. The lowest BCUT2D eigenvalue weighted by molar-refractivity contribution is -0.118. The van der Waals surface area contributed by atoms with E-state index < -0.39 is 0 Å². The number of carbonyl (C=O) groups is 2. The molecule has 3 fully saturated rings. The van der Waals surface area contributed by atoms with E-state index >= 15 is 0 Å². The van der Waals surface area contributed by atoms with Gasteiger partial charge in [0.1, 0.15) is 6.10 Å². The first kappa shape index (κ1) is 32.4. The van der Waals surface area contributed by atoms with Crippen LogP contribution in [0.15, 0.2) is 11.6 Å². The number of hydrogen-bond acceptors (Lipinski definition) is 3. The quantitative estimate of drug-likeness (QED) is 0.172. The van der Waals surface area contributed by atoms with Crippen LogP contribution in [0.5, 0.6) is 0 Å². The molecule has 2 N–H and O–H groups in total. The molecule has 0 bridgehead atoms. The van der Waals surface area contributed by atoms with Crippen LogP contribution in [-0.4, -0.2) is 31.2 Å². The van der Waals surface area contributed by atoms with Crippen LogP contribution in [0.4, 0.5) is 4.79 Å². The first-order valence-electron chi connectivity index (χ1n) is 17.4. The smallest absolute Gasteiger partial charge is 0.407 e. The van der Waals surface area contributed by atoms with Gasteiger partial charge in [-0.15, -0.1) is 0 Å². The van der Waals surface area contributed by atoms with Crippen LogP contribution in [0.25, 0.3) is 0 Å². The molecule has 41 heavy (non-hydrogen) atoms. The van der Waals surface area contributed by atoms with Crippen molar-refractivity contribution in [2.45, 2.75) is 144 Å². The monoisotopic (exact) mass is 570 g/mol. The summed E-state index contributed by atoms with van der Waals surface area (Å²) in [5, 5.41) is 5.81. The Labute approximate surface area is 251 Å². The van der Waals surface area contributed by atoms with E-state index in [9.17, 15) is 9.59 Å². The zero-order chi connectivity index (χ0) is 29.6. The van der Waals surface area contributed by atoms with Crippen molar-refractivity contribution in [2.75, 3.05) is 13.1 Å². The molecule has 3 saturated carbocycles. The van der Waals surface area contributed by atoms with Crippen LogP contribution in [-0.2, 0) is 9.53 Å². The van der Waals surface area contributed by atoms with Gasteiger partial charge in [-0.2, -0.15) is 0 Å². The van der Waals surface area contributed by atoms with Gasteiger partial charge in [-0.05, 0) is 104 Å². The number of fused-ring (bicyclic) bond motifs is 5. The highest BCUT2D eigenvalue weighted by Crippen LogP contribution is 2.67. The molecular weight excluding hydrogens is 508 g/mol. The van der Waals surface area contributed by atoms with Crippen molar-refractivity contribution in [1.29, 1.82) is 0 Å². The number of alkyl carbamates (subject to hydrolysis) is 1. The fourth-order valence-electron chi connectivity index (χ4n) is 10.0. The molecule has 0 saturated heterocycles. The summed E-state index contributed by atoms with van der Waals surface area (Å²) in [4.78, 5) is 23.5. The number of rotatable bonds is 13. The molecule has 2 amide bonds. The van der Waals surface area contributed by atoms with E-state index in [1.165, 1.54) is 51.4 Å². The Morgan fingerprint density at radius 1 is 0.902 bits per heavy atom. The van der Waals surface area contributed by atoms with E-state index in [1.54, 1.807) is 12.5 Å². The average Bonchev–Trinajstić information content (AvgIpc) is 3.27. The van der Waals surface area contributed by atoms with Gasteiger partial charge < -0.3 is 15.4 Å². The lowest BCUT2D eigenvalue weighted by Crippen LogP contribution is -2.51. The predicted octanol–water partition coefficient (Wildman–Crippen LogP) is 8.82. The van der Waals surface area contributed by atoms with Crippen LogP contribution in [0.2, 0.25) is 0 Å². The van der Waals surface area contributed by atoms with Gasteiger partial charge in [0, 0.05) is 26.4 Å². The van der Waals surface area contributed by atoms with Crippen molar-refractivity contribution in [1.82, 2.24) is 10.6 Å². The number of hydrogen-bond donors (Lipinski definition) is 2. The van der Waals surface area contributed by atoms with E-state index in [0.29, 0.717) is 17.4 Å². The molecule has 4 aliphatic carbocycles. The second-order valence-electron chi connectivity index (χ2n) is 15.4. The molecule has 0 aromatic rings. The first-order valence-corrected chi connectivity index (χ1v) is 17.4. The standard InChI is InChI=1S/C36H62N2O3/c1-25(2)12-11-13-26(3)31-16-17-32-30-15-14-28-24-29(18-20-35(28,5)33(30)19-21-36(31,32)6)41-34(40)38-23-10-8-7-9-22-37-27(4)39/h14,25-26,29-33H,7-13,15-24H2,1-6H3,(H,37,39)(H,38,40). The second-order valence-corrected chi connectivity index (χ2v) is 15.4. The van der Waals surface area contributed by atoms with Gasteiger partial charge in [0.2, 0.25) is 5.91 Å². The third-order valence-corrected chi connectivity index (χ3v) is 12.3. The van der Waals surface area contributed by atoms with Crippen LogP contribution in [0.1, 0.15) is 138 Å². The lowest BCUT2D eigenvalue weighted by Gasteiger charge is -2.58. The van der Waals surface area contributed by atoms with Gasteiger partial charge >= 0.3 is 6.09 Å². The van der Waals surface area contributed by atoms with Crippen molar-refractivity contribution in [3.63, 3.8) is 0 Å². The molecule has 0 radical (unpaired) electrons. The van der Waals surface area contributed by atoms with E-state index in [1.807, 2.05) is 0 Å². The molecule has 5 heteroatoms. The summed E-state index contributed by atoms with van der Waals surface area (Å²) in [6, 6.07) is 0. The van der Waals surface area contributed by atoms with Crippen LogP contribution < -0.4 is 10.6 Å². The number of ether oxygens (including phenoxy) is 1. The Bertz CT molecular complexity index is 915. The number of amides is 2. The molecule has 8 atom stereocenters. The largest absolute Gasteiger partial charge is 0.446 e. The van der Waals surface area contributed by atoms with Crippen LogP contribution >= 0.6 is 0 Å². The zero-order valence-corrected chi connectivity index (χ0v) is 27.4. The maximum atomic E-state index is 12.5. The Morgan fingerprint density at radius 3 is 2.34 bits per heavy atom. The zero-order valence-electron chi connectivity index (χ0n) is 27.4.